The smallest absolute Gasteiger partial charge is 0.316 e. The summed E-state index contributed by atoms with van der Waals surface area (Å²) in [4.78, 5) is 12.6. The third-order valence-corrected chi connectivity index (χ3v) is 5.18. The van der Waals surface area contributed by atoms with Gasteiger partial charge in [-0.05, 0) is 60.9 Å². The molecule has 8 heteroatoms. The number of halogens is 1. The first-order chi connectivity index (χ1) is 14.1. The molecule has 0 radical (unpaired) electrons. The number of thioether (sulfide) groups is 1. The number of hydrogen-bond acceptors (Lipinski definition) is 5. The van der Waals surface area contributed by atoms with E-state index in [2.05, 4.69) is 15.0 Å². The summed E-state index contributed by atoms with van der Waals surface area (Å²) in [5.41, 5.74) is 2.63. The van der Waals surface area contributed by atoms with Crippen molar-refractivity contribution in [3.05, 3.63) is 71.8 Å². The molecule has 146 valence electrons. The highest BCUT2D eigenvalue weighted by Gasteiger charge is 2.26. The van der Waals surface area contributed by atoms with E-state index < -0.39 is 0 Å². The van der Waals surface area contributed by atoms with Crippen molar-refractivity contribution in [3.8, 4) is 40.0 Å². The van der Waals surface area contributed by atoms with Gasteiger partial charge in [0.1, 0.15) is 11.5 Å². The zero-order chi connectivity index (χ0) is 20.4. The number of aromatic nitrogens is 4. The Labute approximate surface area is 171 Å². The monoisotopic (exact) mass is 408 g/mol. The molecule has 2 aromatic carbocycles. The van der Waals surface area contributed by atoms with E-state index in [1.165, 1.54) is 19.2 Å². The van der Waals surface area contributed by atoms with Crippen molar-refractivity contribution >= 4 is 11.8 Å². The van der Waals surface area contributed by atoms with Crippen LogP contribution in [0.15, 0.2) is 65.7 Å². The Morgan fingerprint density at radius 3 is 2.38 bits per heavy atom. The lowest BCUT2D eigenvalue weighted by Crippen LogP contribution is -2.29. The van der Waals surface area contributed by atoms with Crippen molar-refractivity contribution in [2.45, 2.75) is 4.90 Å². The van der Waals surface area contributed by atoms with E-state index in [9.17, 15) is 9.60 Å². The first-order valence-electron chi connectivity index (χ1n) is 8.74. The second kappa shape index (κ2) is 7.92. The van der Waals surface area contributed by atoms with Crippen LogP contribution in [0.1, 0.15) is 0 Å². The van der Waals surface area contributed by atoms with Crippen LogP contribution in [0.3, 0.4) is 0 Å². The molecule has 0 amide bonds. The second-order valence-corrected chi connectivity index (χ2v) is 7.04. The number of H-pyrrole nitrogens is 1. The quantitative estimate of drug-likeness (QED) is 0.302. The molecule has 0 spiro atoms. The van der Waals surface area contributed by atoms with Crippen LogP contribution in [0.4, 0.5) is 4.39 Å². The van der Waals surface area contributed by atoms with E-state index in [0.29, 0.717) is 28.5 Å². The Morgan fingerprint density at radius 1 is 1.03 bits per heavy atom. The minimum absolute atomic E-state index is 0.186. The highest BCUT2D eigenvalue weighted by Crippen LogP contribution is 2.31. The van der Waals surface area contributed by atoms with Gasteiger partial charge in [-0.2, -0.15) is 4.98 Å². The Kier molecular flexibility index (Phi) is 5.18. The lowest BCUT2D eigenvalue weighted by molar-refractivity contribution is -0.580. The molecule has 2 aromatic heterocycles. The predicted molar refractivity (Wildman–Crippen MR) is 110 cm³/mol. The van der Waals surface area contributed by atoms with Gasteiger partial charge in [-0.15, -0.1) is 11.8 Å². The fraction of sp³-hybridized carbons (Fsp3) is 0.0952. The summed E-state index contributed by atoms with van der Waals surface area (Å²) >= 11 is 1.62. The summed E-state index contributed by atoms with van der Waals surface area (Å²) in [5, 5.41) is 13.3. The van der Waals surface area contributed by atoms with Crippen molar-refractivity contribution < 1.29 is 13.9 Å². The molecule has 0 aliphatic carbocycles. The lowest BCUT2D eigenvalue weighted by atomic mass is 10.1. The molecule has 0 aliphatic rings. The molecule has 4 rings (SSSR count). The van der Waals surface area contributed by atoms with E-state index in [0.717, 1.165) is 15.2 Å². The average molecular weight is 408 g/mol. The van der Waals surface area contributed by atoms with Crippen molar-refractivity contribution in [1.82, 2.24) is 15.0 Å². The van der Waals surface area contributed by atoms with Crippen LogP contribution in [0.25, 0.3) is 34.0 Å². The minimum atomic E-state index is -0.375. The number of ether oxygens (including phenoxy) is 1. The number of hydrogen-bond donors (Lipinski definition) is 1. The van der Waals surface area contributed by atoms with Crippen LogP contribution in [0, 0.1) is 11.0 Å². The molecule has 1 N–H and O–H groups in total. The standard InChI is InChI=1S/C21H17FN4O2S/c1-28-21-23-12-11-17(24-21)18-19(13-3-7-15(22)8-4-13)26(27)20(25-18)14-5-9-16(29-2)10-6-14/h3-12,25H,1-2H3. The predicted octanol–water partition coefficient (Wildman–Crippen LogP) is 4.31. The fourth-order valence-corrected chi connectivity index (χ4v) is 3.42. The zero-order valence-corrected chi connectivity index (χ0v) is 16.5. The molecule has 0 fully saturated rings. The first kappa shape index (κ1) is 18.9. The largest absolute Gasteiger partial charge is 0.710 e. The Hall–Kier alpha value is -3.39. The van der Waals surface area contributed by atoms with Gasteiger partial charge in [0.2, 0.25) is 0 Å². The molecule has 6 nitrogen and oxygen atoms in total. The topological polar surface area (TPSA) is 77.7 Å². The van der Waals surface area contributed by atoms with Gasteiger partial charge in [-0.25, -0.2) is 19.1 Å². The maximum atomic E-state index is 13.4. The van der Waals surface area contributed by atoms with Crippen molar-refractivity contribution in [2.24, 2.45) is 0 Å². The van der Waals surface area contributed by atoms with Crippen LogP contribution in [-0.2, 0) is 0 Å². The molecule has 0 unspecified atom stereocenters. The molecule has 0 saturated carbocycles. The summed E-state index contributed by atoms with van der Waals surface area (Å²) in [6.07, 6.45) is 3.54. The first-order valence-corrected chi connectivity index (χ1v) is 9.96. The third-order valence-electron chi connectivity index (χ3n) is 4.44. The van der Waals surface area contributed by atoms with Crippen LogP contribution in [0.2, 0.25) is 0 Å². The van der Waals surface area contributed by atoms with E-state index >= 15 is 0 Å². The van der Waals surface area contributed by atoms with Gasteiger partial charge in [-0.3, -0.25) is 0 Å². The lowest BCUT2D eigenvalue weighted by Gasteiger charge is -2.08. The number of rotatable bonds is 5. The highest BCUT2D eigenvalue weighted by molar-refractivity contribution is 7.98. The van der Waals surface area contributed by atoms with Gasteiger partial charge < -0.3 is 9.94 Å². The Balaban J connectivity index is 1.93. The van der Waals surface area contributed by atoms with Crippen molar-refractivity contribution in [3.63, 3.8) is 0 Å². The number of benzene rings is 2. The number of methoxy groups -OCH3 is 1. The minimum Gasteiger partial charge on any atom is -0.710 e. The average Bonchev–Trinajstić information content (AvgIpc) is 3.11. The van der Waals surface area contributed by atoms with Gasteiger partial charge in [0.15, 0.2) is 11.4 Å². The maximum Gasteiger partial charge on any atom is 0.316 e. The fourth-order valence-electron chi connectivity index (χ4n) is 3.01. The third kappa shape index (κ3) is 3.66. The van der Waals surface area contributed by atoms with E-state index in [4.69, 9.17) is 4.74 Å². The Morgan fingerprint density at radius 2 is 1.72 bits per heavy atom. The normalized spacial score (nSPS) is 10.9. The van der Waals surface area contributed by atoms with Crippen molar-refractivity contribution in [1.29, 1.82) is 0 Å². The SMILES string of the molecule is COc1nccc(-c2[nH]c(-c3ccc(SC)cc3)[n+]([O-])c2-c2ccc(F)cc2)n1. The van der Waals surface area contributed by atoms with Crippen LogP contribution < -0.4 is 9.47 Å². The summed E-state index contributed by atoms with van der Waals surface area (Å²) in [5.74, 6) is -0.00979. The maximum absolute atomic E-state index is 13.4. The van der Waals surface area contributed by atoms with E-state index in [1.807, 2.05) is 30.5 Å². The van der Waals surface area contributed by atoms with E-state index in [-0.39, 0.29) is 11.8 Å². The van der Waals surface area contributed by atoms with Crippen LogP contribution >= 0.6 is 11.8 Å². The number of nitrogens with zero attached hydrogens (tertiary/aromatic N) is 3. The second-order valence-electron chi connectivity index (χ2n) is 6.16. The molecule has 29 heavy (non-hydrogen) atoms. The van der Waals surface area contributed by atoms with Crippen LogP contribution in [0.5, 0.6) is 6.01 Å². The number of imidazole rings is 1. The molecular formula is C21H17FN4O2S. The summed E-state index contributed by atoms with van der Waals surface area (Å²) < 4.78 is 19.4. The number of aromatic amines is 1. The molecule has 0 aliphatic heterocycles. The molecule has 0 bridgehead atoms. The zero-order valence-electron chi connectivity index (χ0n) is 15.7. The van der Waals surface area contributed by atoms with Gasteiger partial charge in [0.25, 0.3) is 5.82 Å². The van der Waals surface area contributed by atoms with E-state index in [1.54, 1.807) is 36.2 Å². The molecular weight excluding hydrogens is 391 g/mol. The van der Waals surface area contributed by atoms with Crippen molar-refractivity contribution in [2.75, 3.05) is 13.4 Å². The molecule has 2 heterocycles. The molecule has 0 atom stereocenters. The van der Waals surface area contributed by atoms with Gasteiger partial charge >= 0.3 is 6.01 Å². The Bertz CT molecular complexity index is 1140. The highest BCUT2D eigenvalue weighted by atomic mass is 32.2. The van der Waals surface area contributed by atoms with Crippen LogP contribution in [-0.4, -0.2) is 28.3 Å². The summed E-state index contributed by atoms with van der Waals surface area (Å²) in [6.45, 7) is 0. The summed E-state index contributed by atoms with van der Waals surface area (Å²) in [6, 6.07) is 15.3. The van der Waals surface area contributed by atoms with Gasteiger partial charge in [-0.1, -0.05) is 0 Å². The van der Waals surface area contributed by atoms with Gasteiger partial charge in [0, 0.05) is 16.7 Å². The molecule has 0 saturated heterocycles. The number of nitrogens with one attached hydrogen (secondary N) is 1. The molecule has 4 aromatic rings. The summed E-state index contributed by atoms with van der Waals surface area (Å²) in [7, 11) is 1.47. The van der Waals surface area contributed by atoms with Gasteiger partial charge in [0.05, 0.1) is 12.7 Å².